The van der Waals surface area contributed by atoms with Gasteiger partial charge in [-0.15, -0.1) is 0 Å². The summed E-state index contributed by atoms with van der Waals surface area (Å²) in [5.74, 6) is -0.908. The molecule has 0 fully saturated rings. The number of nitrogens with one attached hydrogen (secondary N) is 1. The van der Waals surface area contributed by atoms with Crippen LogP contribution in [0.2, 0.25) is 0 Å². The highest BCUT2D eigenvalue weighted by Crippen LogP contribution is 2.30. The highest BCUT2D eigenvalue weighted by Gasteiger charge is 2.38. The molecular weight excluding hydrogens is 447 g/mol. The van der Waals surface area contributed by atoms with Gasteiger partial charge >= 0.3 is 0 Å². The molecule has 2 amide bonds. The largest absolute Gasteiger partial charge is 0.382 e. The molecule has 0 radical (unpaired) electrons. The van der Waals surface area contributed by atoms with Gasteiger partial charge in [0.25, 0.3) is 5.91 Å². The third kappa shape index (κ3) is 6.66. The number of amides is 2. The standard InChI is InChI=1S/C27H35FN4O3/c1-5-35-12-11-23(20-9-7-6-8-10-20)30-25(34)21-13-19(14-22(28)15-21)17-32-24(33)16-27(4,18(2)3)31-26(32)29/h6-10,13-15,18,23H,5,11-12,16-17H2,1-4H3,(H2,29,31)(H,30,34). The van der Waals surface area contributed by atoms with Crippen molar-refractivity contribution in [3.63, 3.8) is 0 Å². The monoisotopic (exact) mass is 482 g/mol. The number of carbonyl (C=O) groups is 2. The quantitative estimate of drug-likeness (QED) is 0.497. The van der Waals surface area contributed by atoms with Crippen LogP contribution < -0.4 is 11.1 Å². The second kappa shape index (κ2) is 11.4. The number of rotatable bonds is 10. The van der Waals surface area contributed by atoms with Gasteiger partial charge in [0.15, 0.2) is 5.96 Å². The van der Waals surface area contributed by atoms with E-state index in [2.05, 4.69) is 10.3 Å². The molecule has 0 spiro atoms. The maximum atomic E-state index is 14.5. The molecule has 2 atom stereocenters. The number of ether oxygens (including phenoxy) is 1. The molecule has 7 nitrogen and oxygen atoms in total. The molecule has 2 unspecified atom stereocenters. The number of guanidine groups is 1. The van der Waals surface area contributed by atoms with Crippen LogP contribution in [0, 0.1) is 11.7 Å². The van der Waals surface area contributed by atoms with Gasteiger partial charge in [-0.2, -0.15) is 0 Å². The third-order valence-electron chi connectivity index (χ3n) is 6.52. The first-order chi connectivity index (χ1) is 16.6. The number of halogens is 1. The Morgan fingerprint density at radius 2 is 1.97 bits per heavy atom. The van der Waals surface area contributed by atoms with E-state index in [9.17, 15) is 14.0 Å². The molecule has 2 aromatic rings. The second-order valence-corrected chi connectivity index (χ2v) is 9.41. The fraction of sp³-hybridized carbons (Fsp3) is 0.444. The molecule has 3 N–H and O–H groups in total. The number of aliphatic imine (C=N–C) groups is 1. The molecule has 0 saturated heterocycles. The van der Waals surface area contributed by atoms with E-state index in [0.29, 0.717) is 25.2 Å². The first-order valence-electron chi connectivity index (χ1n) is 12.0. The van der Waals surface area contributed by atoms with E-state index >= 15 is 0 Å². The molecule has 188 valence electrons. The van der Waals surface area contributed by atoms with E-state index in [1.165, 1.54) is 17.0 Å². The van der Waals surface area contributed by atoms with Crippen LogP contribution in [-0.2, 0) is 16.1 Å². The van der Waals surface area contributed by atoms with Gasteiger partial charge in [-0.05, 0) is 55.5 Å². The maximum Gasteiger partial charge on any atom is 0.251 e. The van der Waals surface area contributed by atoms with Crippen LogP contribution in [0.4, 0.5) is 4.39 Å². The second-order valence-electron chi connectivity index (χ2n) is 9.41. The summed E-state index contributed by atoms with van der Waals surface area (Å²) in [6.45, 7) is 8.91. The van der Waals surface area contributed by atoms with Crippen molar-refractivity contribution in [3.05, 3.63) is 71.0 Å². The predicted molar refractivity (Wildman–Crippen MR) is 134 cm³/mol. The fourth-order valence-electron chi connectivity index (χ4n) is 4.04. The predicted octanol–water partition coefficient (Wildman–Crippen LogP) is 4.19. The van der Waals surface area contributed by atoms with Gasteiger partial charge in [-0.25, -0.2) is 9.38 Å². The van der Waals surface area contributed by atoms with Gasteiger partial charge < -0.3 is 15.8 Å². The van der Waals surface area contributed by atoms with Crippen molar-refractivity contribution in [1.82, 2.24) is 10.2 Å². The highest BCUT2D eigenvalue weighted by molar-refractivity contribution is 5.99. The van der Waals surface area contributed by atoms with Crippen molar-refractivity contribution in [2.24, 2.45) is 16.6 Å². The fourth-order valence-corrected chi connectivity index (χ4v) is 4.04. The van der Waals surface area contributed by atoms with E-state index in [4.69, 9.17) is 10.5 Å². The first-order valence-corrected chi connectivity index (χ1v) is 12.0. The Labute approximate surface area is 206 Å². The zero-order valence-corrected chi connectivity index (χ0v) is 20.9. The Morgan fingerprint density at radius 3 is 2.60 bits per heavy atom. The average Bonchev–Trinajstić information content (AvgIpc) is 2.81. The molecule has 8 heteroatoms. The minimum atomic E-state index is -0.571. The number of nitrogens with two attached hydrogens (primary N) is 1. The third-order valence-corrected chi connectivity index (χ3v) is 6.52. The zero-order chi connectivity index (χ0) is 25.6. The van der Waals surface area contributed by atoms with Crippen LogP contribution in [0.25, 0.3) is 0 Å². The van der Waals surface area contributed by atoms with Gasteiger partial charge in [0.1, 0.15) is 5.82 Å². The van der Waals surface area contributed by atoms with Crippen LogP contribution >= 0.6 is 0 Å². The summed E-state index contributed by atoms with van der Waals surface area (Å²) in [6, 6.07) is 13.4. The Hall–Kier alpha value is -3.26. The number of hydrogen-bond donors (Lipinski definition) is 2. The van der Waals surface area contributed by atoms with Crippen molar-refractivity contribution in [2.45, 2.75) is 58.7 Å². The van der Waals surface area contributed by atoms with E-state index in [-0.39, 0.29) is 42.4 Å². The lowest BCUT2D eigenvalue weighted by Gasteiger charge is -2.37. The SMILES string of the molecule is CCOCCC(NC(=O)c1cc(F)cc(CN2C(=O)CC(C)(C(C)C)N=C2N)c1)c1ccccc1. The number of carbonyl (C=O) groups excluding carboxylic acids is 2. The molecule has 3 rings (SSSR count). The highest BCUT2D eigenvalue weighted by atomic mass is 19.1. The Bertz CT molecular complexity index is 1070. The number of nitrogens with zero attached hydrogens (tertiary/aromatic N) is 2. The summed E-state index contributed by atoms with van der Waals surface area (Å²) >= 11 is 0. The normalized spacial score (nSPS) is 19.0. The molecule has 2 aromatic carbocycles. The number of hydrogen-bond acceptors (Lipinski definition) is 5. The molecule has 0 saturated carbocycles. The molecule has 1 heterocycles. The van der Waals surface area contributed by atoms with Crippen LogP contribution in [0.1, 0.15) is 68.1 Å². The van der Waals surface area contributed by atoms with Gasteiger partial charge in [0, 0.05) is 18.8 Å². The average molecular weight is 483 g/mol. The molecule has 0 aromatic heterocycles. The van der Waals surface area contributed by atoms with Gasteiger partial charge in [0.2, 0.25) is 5.91 Å². The van der Waals surface area contributed by atoms with Crippen LogP contribution in [0.5, 0.6) is 0 Å². The summed E-state index contributed by atoms with van der Waals surface area (Å²) in [6.07, 6.45) is 0.794. The molecular formula is C27H35FN4O3. The lowest BCUT2D eigenvalue weighted by molar-refractivity contribution is -0.130. The summed E-state index contributed by atoms with van der Waals surface area (Å²) in [4.78, 5) is 31.8. The minimum absolute atomic E-state index is 0.0346. The summed E-state index contributed by atoms with van der Waals surface area (Å²) in [5.41, 5.74) is 7.12. The lowest BCUT2D eigenvalue weighted by Crippen LogP contribution is -2.51. The van der Waals surface area contributed by atoms with Crippen molar-refractivity contribution in [2.75, 3.05) is 13.2 Å². The molecule has 1 aliphatic heterocycles. The summed E-state index contributed by atoms with van der Waals surface area (Å²) in [5, 5.41) is 2.99. The van der Waals surface area contributed by atoms with Crippen LogP contribution in [0.3, 0.4) is 0 Å². The van der Waals surface area contributed by atoms with Crippen molar-refractivity contribution in [3.8, 4) is 0 Å². The van der Waals surface area contributed by atoms with Gasteiger partial charge in [-0.3, -0.25) is 14.5 Å². The van der Waals surface area contributed by atoms with E-state index < -0.39 is 17.3 Å². The topological polar surface area (TPSA) is 97.0 Å². The Kier molecular flexibility index (Phi) is 8.62. The van der Waals surface area contributed by atoms with Crippen molar-refractivity contribution < 1.29 is 18.7 Å². The summed E-state index contributed by atoms with van der Waals surface area (Å²) in [7, 11) is 0. The van der Waals surface area contributed by atoms with Gasteiger partial charge in [0.05, 0.1) is 24.5 Å². The Balaban J connectivity index is 1.79. The van der Waals surface area contributed by atoms with Crippen molar-refractivity contribution in [1.29, 1.82) is 0 Å². The van der Waals surface area contributed by atoms with Crippen LogP contribution in [-0.4, -0.2) is 41.4 Å². The minimum Gasteiger partial charge on any atom is -0.382 e. The molecule has 0 aliphatic carbocycles. The van der Waals surface area contributed by atoms with Crippen LogP contribution in [0.15, 0.2) is 53.5 Å². The molecule has 35 heavy (non-hydrogen) atoms. The van der Waals surface area contributed by atoms with E-state index in [1.54, 1.807) is 6.07 Å². The van der Waals surface area contributed by atoms with E-state index in [0.717, 1.165) is 5.56 Å². The Morgan fingerprint density at radius 1 is 1.26 bits per heavy atom. The zero-order valence-electron chi connectivity index (χ0n) is 20.9. The molecule has 1 aliphatic rings. The van der Waals surface area contributed by atoms with Crippen molar-refractivity contribution >= 4 is 17.8 Å². The molecule has 0 bridgehead atoms. The van der Waals surface area contributed by atoms with E-state index in [1.807, 2.05) is 58.0 Å². The van der Waals surface area contributed by atoms with Gasteiger partial charge in [-0.1, -0.05) is 44.2 Å². The number of benzene rings is 2. The maximum absolute atomic E-state index is 14.5. The first kappa shape index (κ1) is 26.3. The lowest BCUT2D eigenvalue weighted by atomic mass is 9.84. The smallest absolute Gasteiger partial charge is 0.251 e. The summed E-state index contributed by atoms with van der Waals surface area (Å²) < 4.78 is 20.0.